The average Bonchev–Trinajstić information content (AvgIpc) is 2.15. The SMILES string of the molecule is CC(C)c1ccc(C#N)c(S(C)(=O)=O)n1. The fraction of sp³-hybridized carbons (Fsp3) is 0.400. The van der Waals surface area contributed by atoms with Gasteiger partial charge in [-0.1, -0.05) is 13.8 Å². The molecule has 0 aromatic carbocycles. The van der Waals surface area contributed by atoms with Gasteiger partial charge in [-0.15, -0.1) is 0 Å². The molecule has 0 atom stereocenters. The minimum absolute atomic E-state index is 0.0990. The first kappa shape index (κ1) is 11.7. The van der Waals surface area contributed by atoms with Crippen LogP contribution < -0.4 is 0 Å². The highest BCUT2D eigenvalue weighted by Crippen LogP contribution is 2.17. The number of nitrogens with zero attached hydrogens (tertiary/aromatic N) is 2. The van der Waals surface area contributed by atoms with Gasteiger partial charge < -0.3 is 0 Å². The molecule has 1 aromatic rings. The Labute approximate surface area is 89.5 Å². The lowest BCUT2D eigenvalue weighted by Crippen LogP contribution is -2.06. The lowest BCUT2D eigenvalue weighted by Gasteiger charge is -2.07. The number of rotatable bonds is 2. The molecular weight excluding hydrogens is 212 g/mol. The summed E-state index contributed by atoms with van der Waals surface area (Å²) in [6.45, 7) is 3.83. The van der Waals surface area contributed by atoms with Crippen molar-refractivity contribution in [3.05, 3.63) is 23.4 Å². The van der Waals surface area contributed by atoms with E-state index in [9.17, 15) is 8.42 Å². The number of aromatic nitrogens is 1. The lowest BCUT2D eigenvalue weighted by atomic mass is 10.1. The highest BCUT2D eigenvalue weighted by molar-refractivity contribution is 7.90. The second-order valence-electron chi connectivity index (χ2n) is 3.63. The first-order valence-electron chi connectivity index (χ1n) is 4.47. The standard InChI is InChI=1S/C10H12N2O2S/c1-7(2)9-5-4-8(6-11)10(12-9)15(3,13)14/h4-5,7H,1-3H3. The highest BCUT2D eigenvalue weighted by Gasteiger charge is 2.16. The van der Waals surface area contributed by atoms with Crippen LogP contribution in [0.2, 0.25) is 0 Å². The Kier molecular flexibility index (Phi) is 3.10. The van der Waals surface area contributed by atoms with Gasteiger partial charge in [-0.3, -0.25) is 0 Å². The minimum Gasteiger partial charge on any atom is -0.240 e. The Morgan fingerprint density at radius 1 is 1.40 bits per heavy atom. The van der Waals surface area contributed by atoms with E-state index in [0.29, 0.717) is 5.69 Å². The van der Waals surface area contributed by atoms with Crippen LogP contribution in [-0.4, -0.2) is 19.7 Å². The van der Waals surface area contributed by atoms with Gasteiger partial charge in [-0.25, -0.2) is 13.4 Å². The molecule has 0 N–H and O–H groups in total. The third-order valence-corrected chi connectivity index (χ3v) is 2.96. The predicted molar refractivity (Wildman–Crippen MR) is 56.2 cm³/mol. The van der Waals surface area contributed by atoms with Crippen LogP contribution in [0.15, 0.2) is 17.2 Å². The number of hydrogen-bond donors (Lipinski definition) is 0. The van der Waals surface area contributed by atoms with Crippen molar-refractivity contribution in [2.45, 2.75) is 24.8 Å². The number of sulfone groups is 1. The van der Waals surface area contributed by atoms with Gasteiger partial charge in [0.25, 0.3) is 0 Å². The maximum absolute atomic E-state index is 11.4. The van der Waals surface area contributed by atoms with Crippen molar-refractivity contribution in [2.75, 3.05) is 6.26 Å². The third-order valence-electron chi connectivity index (χ3n) is 1.95. The molecule has 0 spiro atoms. The summed E-state index contributed by atoms with van der Waals surface area (Å²) < 4.78 is 22.7. The van der Waals surface area contributed by atoms with Gasteiger partial charge in [0.2, 0.25) is 0 Å². The van der Waals surface area contributed by atoms with Gasteiger partial charge in [-0.05, 0) is 18.1 Å². The van der Waals surface area contributed by atoms with Crippen LogP contribution in [0.4, 0.5) is 0 Å². The van der Waals surface area contributed by atoms with E-state index in [1.54, 1.807) is 6.07 Å². The molecule has 0 saturated heterocycles. The molecule has 0 fully saturated rings. The molecule has 80 valence electrons. The van der Waals surface area contributed by atoms with Gasteiger partial charge in [0.1, 0.15) is 6.07 Å². The zero-order valence-electron chi connectivity index (χ0n) is 8.85. The van der Waals surface area contributed by atoms with Gasteiger partial charge in [0, 0.05) is 11.9 Å². The van der Waals surface area contributed by atoms with E-state index in [4.69, 9.17) is 5.26 Å². The molecule has 0 unspecified atom stereocenters. The zero-order valence-corrected chi connectivity index (χ0v) is 9.67. The summed E-state index contributed by atoms with van der Waals surface area (Å²) >= 11 is 0. The molecule has 0 aliphatic rings. The van der Waals surface area contributed by atoms with Crippen LogP contribution in [0.1, 0.15) is 31.0 Å². The number of pyridine rings is 1. The lowest BCUT2D eigenvalue weighted by molar-refractivity contribution is 0.596. The van der Waals surface area contributed by atoms with E-state index < -0.39 is 9.84 Å². The summed E-state index contributed by atoms with van der Waals surface area (Å²) in [5.74, 6) is 0.137. The normalized spacial score (nSPS) is 11.4. The molecule has 0 bridgehead atoms. The third kappa shape index (κ3) is 2.54. The Morgan fingerprint density at radius 3 is 2.40 bits per heavy atom. The van der Waals surface area contributed by atoms with Gasteiger partial charge in [0.05, 0.1) is 5.56 Å². The topological polar surface area (TPSA) is 70.8 Å². The fourth-order valence-corrected chi connectivity index (χ4v) is 1.93. The molecule has 4 nitrogen and oxygen atoms in total. The highest BCUT2D eigenvalue weighted by atomic mass is 32.2. The molecule has 1 aromatic heterocycles. The Balaban J connectivity index is 3.48. The second-order valence-corrected chi connectivity index (χ2v) is 5.56. The molecule has 0 aliphatic heterocycles. The summed E-state index contributed by atoms with van der Waals surface area (Å²) in [5.41, 5.74) is 0.774. The Hall–Kier alpha value is -1.41. The van der Waals surface area contributed by atoms with Crippen molar-refractivity contribution in [1.29, 1.82) is 5.26 Å². The van der Waals surface area contributed by atoms with Crippen molar-refractivity contribution in [1.82, 2.24) is 4.98 Å². The van der Waals surface area contributed by atoms with Crippen molar-refractivity contribution in [2.24, 2.45) is 0 Å². The van der Waals surface area contributed by atoms with E-state index in [0.717, 1.165) is 6.26 Å². The molecule has 0 radical (unpaired) electrons. The minimum atomic E-state index is -3.44. The van der Waals surface area contributed by atoms with Crippen LogP contribution in [0, 0.1) is 11.3 Å². The van der Waals surface area contributed by atoms with Crippen LogP contribution in [0.5, 0.6) is 0 Å². The molecular formula is C10H12N2O2S. The Morgan fingerprint density at radius 2 is 2.00 bits per heavy atom. The first-order valence-corrected chi connectivity index (χ1v) is 6.36. The predicted octanol–water partition coefficient (Wildman–Crippen LogP) is 1.48. The molecule has 0 amide bonds. The fourth-order valence-electron chi connectivity index (χ4n) is 1.14. The van der Waals surface area contributed by atoms with Crippen LogP contribution in [0.25, 0.3) is 0 Å². The molecule has 1 heterocycles. The van der Waals surface area contributed by atoms with Crippen molar-refractivity contribution < 1.29 is 8.42 Å². The van der Waals surface area contributed by atoms with E-state index in [-0.39, 0.29) is 16.5 Å². The zero-order chi connectivity index (χ0) is 11.6. The van der Waals surface area contributed by atoms with Crippen LogP contribution in [-0.2, 0) is 9.84 Å². The van der Waals surface area contributed by atoms with E-state index in [1.807, 2.05) is 19.9 Å². The van der Waals surface area contributed by atoms with Gasteiger partial charge >= 0.3 is 0 Å². The molecule has 5 heteroatoms. The number of nitriles is 1. The summed E-state index contributed by atoms with van der Waals surface area (Å²) in [4.78, 5) is 4.00. The first-order chi connectivity index (χ1) is 6.86. The smallest absolute Gasteiger partial charge is 0.194 e. The van der Waals surface area contributed by atoms with Crippen LogP contribution >= 0.6 is 0 Å². The molecule has 15 heavy (non-hydrogen) atoms. The summed E-state index contributed by atoms with van der Waals surface area (Å²) in [7, 11) is -3.44. The molecule has 0 aliphatic carbocycles. The van der Waals surface area contributed by atoms with Crippen molar-refractivity contribution in [3.8, 4) is 6.07 Å². The molecule has 0 saturated carbocycles. The van der Waals surface area contributed by atoms with E-state index >= 15 is 0 Å². The second kappa shape index (κ2) is 3.99. The van der Waals surface area contributed by atoms with Gasteiger partial charge in [-0.2, -0.15) is 5.26 Å². The van der Waals surface area contributed by atoms with E-state index in [2.05, 4.69) is 4.98 Å². The van der Waals surface area contributed by atoms with Crippen molar-refractivity contribution >= 4 is 9.84 Å². The average molecular weight is 224 g/mol. The molecule has 1 rings (SSSR count). The quantitative estimate of drug-likeness (QED) is 0.762. The summed E-state index contributed by atoms with van der Waals surface area (Å²) in [5, 5.41) is 8.63. The van der Waals surface area contributed by atoms with Gasteiger partial charge in [0.15, 0.2) is 14.9 Å². The maximum Gasteiger partial charge on any atom is 0.194 e. The summed E-state index contributed by atoms with van der Waals surface area (Å²) in [6.07, 6.45) is 1.06. The number of hydrogen-bond acceptors (Lipinski definition) is 4. The van der Waals surface area contributed by atoms with E-state index in [1.165, 1.54) is 6.07 Å². The van der Waals surface area contributed by atoms with Crippen LogP contribution in [0.3, 0.4) is 0 Å². The largest absolute Gasteiger partial charge is 0.240 e. The monoisotopic (exact) mass is 224 g/mol. The van der Waals surface area contributed by atoms with Crippen molar-refractivity contribution in [3.63, 3.8) is 0 Å². The Bertz CT molecular complexity index is 513. The summed E-state index contributed by atoms with van der Waals surface area (Å²) in [6, 6.07) is 5.00. The maximum atomic E-state index is 11.4.